The molecule has 0 spiro atoms. The third-order valence-corrected chi connectivity index (χ3v) is 8.10. The predicted octanol–water partition coefficient (Wildman–Crippen LogP) is 8.10. The fraction of sp³-hybridized carbons (Fsp3) is 0.333. The average Bonchev–Trinajstić information content (AvgIpc) is 3.63. The number of aryl methyl sites for hydroxylation is 2. The van der Waals surface area contributed by atoms with Gasteiger partial charge >= 0.3 is 5.97 Å². The van der Waals surface area contributed by atoms with Crippen molar-refractivity contribution in [3.05, 3.63) is 82.9 Å². The number of hydrogen-bond acceptors (Lipinski definition) is 6. The number of hydrogen-bond donors (Lipinski definition) is 1. The lowest BCUT2D eigenvalue weighted by Crippen LogP contribution is -2.10. The Balaban J connectivity index is 1.36. The Morgan fingerprint density at radius 1 is 0.950 bits per heavy atom. The summed E-state index contributed by atoms with van der Waals surface area (Å²) in [5.41, 5.74) is 5.27. The van der Waals surface area contributed by atoms with Crippen molar-refractivity contribution < 1.29 is 24.1 Å². The summed E-state index contributed by atoms with van der Waals surface area (Å²) in [5.74, 6) is 1.11. The van der Waals surface area contributed by atoms with Gasteiger partial charge in [0.1, 0.15) is 28.9 Å². The Hall–Kier alpha value is -3.84. The van der Waals surface area contributed by atoms with Crippen LogP contribution >= 0.6 is 11.3 Å². The zero-order valence-corrected chi connectivity index (χ0v) is 23.8. The van der Waals surface area contributed by atoms with Crippen LogP contribution in [0.5, 0.6) is 17.2 Å². The van der Waals surface area contributed by atoms with Crippen molar-refractivity contribution in [1.29, 1.82) is 0 Å². The number of ether oxygens (including phenoxy) is 3. The van der Waals surface area contributed by atoms with Crippen LogP contribution in [0.2, 0.25) is 0 Å². The van der Waals surface area contributed by atoms with Crippen LogP contribution in [0.3, 0.4) is 0 Å². The molecule has 4 aromatic rings. The van der Waals surface area contributed by atoms with Gasteiger partial charge in [0.2, 0.25) is 0 Å². The molecule has 0 atom stereocenters. The summed E-state index contributed by atoms with van der Waals surface area (Å²) >= 11 is 1.64. The number of carboxylic acids is 1. The molecule has 5 rings (SSSR count). The van der Waals surface area contributed by atoms with E-state index in [0.717, 1.165) is 63.7 Å². The second-order valence-corrected chi connectivity index (χ2v) is 11.3. The van der Waals surface area contributed by atoms with Gasteiger partial charge in [0.25, 0.3) is 0 Å². The van der Waals surface area contributed by atoms with Crippen molar-refractivity contribution in [1.82, 2.24) is 4.98 Å². The molecule has 0 saturated heterocycles. The first-order valence-corrected chi connectivity index (χ1v) is 14.7. The lowest BCUT2D eigenvalue weighted by Gasteiger charge is -2.13. The minimum absolute atomic E-state index is 0.323. The molecule has 0 radical (unpaired) electrons. The van der Waals surface area contributed by atoms with Crippen LogP contribution in [0.25, 0.3) is 21.7 Å². The minimum Gasteiger partial charge on any atom is -0.490 e. The molecule has 1 aliphatic rings. The standard InChI is InChI=1S/C33H35NO5S/c1-3-6-23-9-11-25(12-10-23)33-32(24-13-15-27(16-14-24)39-26-7-4-5-8-26)34-30(40-33)20-37-28-17-18-29(22(2)19-28)38-21-31(35)36/h9-19,26H,3-8,20-21H2,1-2H3,(H,35,36). The second kappa shape index (κ2) is 13.0. The first-order valence-electron chi connectivity index (χ1n) is 13.9. The van der Waals surface area contributed by atoms with Crippen LogP contribution in [-0.2, 0) is 17.8 Å². The van der Waals surface area contributed by atoms with Crippen molar-refractivity contribution in [2.75, 3.05) is 6.61 Å². The highest BCUT2D eigenvalue weighted by molar-refractivity contribution is 7.15. The molecule has 3 aromatic carbocycles. The Morgan fingerprint density at radius 2 is 1.65 bits per heavy atom. The van der Waals surface area contributed by atoms with Crippen molar-refractivity contribution in [2.45, 2.75) is 65.1 Å². The van der Waals surface area contributed by atoms with E-state index < -0.39 is 5.97 Å². The number of nitrogens with zero attached hydrogens (tertiary/aromatic N) is 1. The maximum atomic E-state index is 10.8. The second-order valence-electron chi connectivity index (χ2n) is 10.2. The SMILES string of the molecule is CCCc1ccc(-c2sc(COc3ccc(OCC(=O)O)c(C)c3)nc2-c2ccc(OC3CCCC3)cc2)cc1. The summed E-state index contributed by atoms with van der Waals surface area (Å²) in [7, 11) is 0. The highest BCUT2D eigenvalue weighted by atomic mass is 32.1. The monoisotopic (exact) mass is 557 g/mol. The molecule has 1 fully saturated rings. The number of thiazole rings is 1. The van der Waals surface area contributed by atoms with Gasteiger partial charge < -0.3 is 19.3 Å². The molecule has 1 aromatic heterocycles. The van der Waals surface area contributed by atoms with E-state index >= 15 is 0 Å². The molecule has 0 bridgehead atoms. The smallest absolute Gasteiger partial charge is 0.341 e. The molecule has 40 heavy (non-hydrogen) atoms. The summed E-state index contributed by atoms with van der Waals surface area (Å²) < 4.78 is 17.6. The van der Waals surface area contributed by atoms with Gasteiger partial charge in [-0.05, 0) is 98.2 Å². The van der Waals surface area contributed by atoms with Gasteiger partial charge in [-0.1, -0.05) is 37.6 Å². The van der Waals surface area contributed by atoms with E-state index in [4.69, 9.17) is 24.3 Å². The minimum atomic E-state index is -1.01. The zero-order chi connectivity index (χ0) is 27.9. The van der Waals surface area contributed by atoms with E-state index in [1.165, 1.54) is 18.4 Å². The topological polar surface area (TPSA) is 77.9 Å². The van der Waals surface area contributed by atoms with Crippen molar-refractivity contribution in [2.24, 2.45) is 0 Å². The number of rotatable bonds is 12. The van der Waals surface area contributed by atoms with Crippen LogP contribution in [0, 0.1) is 6.92 Å². The first kappa shape index (κ1) is 27.7. The van der Waals surface area contributed by atoms with E-state index in [0.29, 0.717) is 24.2 Å². The van der Waals surface area contributed by atoms with Gasteiger partial charge in [0, 0.05) is 5.56 Å². The van der Waals surface area contributed by atoms with Gasteiger partial charge in [0.05, 0.1) is 16.7 Å². The zero-order valence-electron chi connectivity index (χ0n) is 23.0. The summed E-state index contributed by atoms with van der Waals surface area (Å²) in [6.07, 6.45) is 7.27. The Morgan fingerprint density at radius 3 is 2.33 bits per heavy atom. The summed E-state index contributed by atoms with van der Waals surface area (Å²) in [5, 5.41) is 9.74. The predicted molar refractivity (Wildman–Crippen MR) is 159 cm³/mol. The Labute approximate surface area is 239 Å². The van der Waals surface area contributed by atoms with Crippen molar-refractivity contribution in [3.8, 4) is 38.9 Å². The van der Waals surface area contributed by atoms with Gasteiger partial charge in [-0.2, -0.15) is 0 Å². The van der Waals surface area contributed by atoms with E-state index in [1.54, 1.807) is 23.5 Å². The summed E-state index contributed by atoms with van der Waals surface area (Å²) in [6, 6.07) is 22.4. The van der Waals surface area contributed by atoms with Gasteiger partial charge in [-0.3, -0.25) is 0 Å². The normalized spacial score (nSPS) is 13.3. The molecular formula is C33H35NO5S. The van der Waals surface area contributed by atoms with Crippen molar-refractivity contribution in [3.63, 3.8) is 0 Å². The maximum absolute atomic E-state index is 10.8. The van der Waals surface area contributed by atoms with Crippen molar-refractivity contribution >= 4 is 17.3 Å². The first-order chi connectivity index (χ1) is 19.5. The summed E-state index contributed by atoms with van der Waals surface area (Å²) in [6.45, 7) is 4.01. The van der Waals surface area contributed by atoms with Crippen LogP contribution < -0.4 is 14.2 Å². The third kappa shape index (κ3) is 7.02. The van der Waals surface area contributed by atoms with E-state index in [9.17, 15) is 4.79 Å². The summed E-state index contributed by atoms with van der Waals surface area (Å²) in [4.78, 5) is 16.9. The lowest BCUT2D eigenvalue weighted by molar-refractivity contribution is -0.139. The molecule has 1 aliphatic carbocycles. The molecule has 0 aliphatic heterocycles. The number of carbonyl (C=O) groups is 1. The van der Waals surface area contributed by atoms with Gasteiger partial charge in [-0.15, -0.1) is 11.3 Å². The van der Waals surface area contributed by atoms with E-state index in [2.05, 4.69) is 43.3 Å². The van der Waals surface area contributed by atoms with Crippen LogP contribution in [0.15, 0.2) is 66.7 Å². The quantitative estimate of drug-likeness (QED) is 0.190. The van der Waals surface area contributed by atoms with Crippen LogP contribution in [0.4, 0.5) is 0 Å². The molecule has 7 heteroatoms. The molecule has 0 unspecified atom stereocenters. The highest BCUT2D eigenvalue weighted by Crippen LogP contribution is 2.38. The molecule has 6 nitrogen and oxygen atoms in total. The fourth-order valence-electron chi connectivity index (χ4n) is 4.98. The van der Waals surface area contributed by atoms with Gasteiger partial charge in [0.15, 0.2) is 6.61 Å². The largest absolute Gasteiger partial charge is 0.490 e. The molecular weight excluding hydrogens is 522 g/mol. The number of benzene rings is 3. The number of carboxylic acid groups (broad SMARTS) is 1. The van der Waals surface area contributed by atoms with Crippen LogP contribution in [-0.4, -0.2) is 28.8 Å². The van der Waals surface area contributed by atoms with Gasteiger partial charge in [-0.25, -0.2) is 9.78 Å². The third-order valence-electron chi connectivity index (χ3n) is 7.02. The number of aliphatic carboxylic acids is 1. The van der Waals surface area contributed by atoms with Crippen LogP contribution in [0.1, 0.15) is 55.2 Å². The Bertz CT molecular complexity index is 1420. The lowest BCUT2D eigenvalue weighted by atomic mass is 10.0. The molecule has 1 N–H and O–H groups in total. The van der Waals surface area contributed by atoms with E-state index in [-0.39, 0.29) is 6.61 Å². The Kier molecular flexibility index (Phi) is 9.01. The highest BCUT2D eigenvalue weighted by Gasteiger charge is 2.18. The molecule has 208 valence electrons. The number of aromatic nitrogens is 1. The molecule has 1 saturated carbocycles. The van der Waals surface area contributed by atoms with E-state index in [1.807, 2.05) is 25.1 Å². The molecule has 1 heterocycles. The molecule has 0 amide bonds. The average molecular weight is 558 g/mol. The maximum Gasteiger partial charge on any atom is 0.341 e. The fourth-order valence-corrected chi connectivity index (χ4v) is 5.98.